The lowest BCUT2D eigenvalue weighted by molar-refractivity contribution is 0.109. The maximum atomic E-state index is 12.9. The van der Waals surface area contributed by atoms with Gasteiger partial charge in [0.1, 0.15) is 0 Å². The Morgan fingerprint density at radius 1 is 0.767 bits per heavy atom. The van der Waals surface area contributed by atoms with Crippen LogP contribution in [0.3, 0.4) is 0 Å². The number of benzene rings is 3. The fourth-order valence-electron chi connectivity index (χ4n) is 4.61. The van der Waals surface area contributed by atoms with Crippen molar-refractivity contribution in [3.05, 3.63) is 90.0 Å². The molecular formula is C26H28N2OS. The van der Waals surface area contributed by atoms with Gasteiger partial charge in [0.2, 0.25) is 5.12 Å². The van der Waals surface area contributed by atoms with Crippen LogP contribution in [0.15, 0.2) is 78.9 Å². The average molecular weight is 417 g/mol. The highest BCUT2D eigenvalue weighted by Gasteiger charge is 2.38. The molecule has 0 aromatic heterocycles. The van der Waals surface area contributed by atoms with Gasteiger partial charge in [0.25, 0.3) is 0 Å². The minimum atomic E-state index is 0.105. The predicted octanol–water partition coefficient (Wildman–Crippen LogP) is 6.69. The van der Waals surface area contributed by atoms with Crippen molar-refractivity contribution in [2.75, 3.05) is 16.1 Å². The summed E-state index contributed by atoms with van der Waals surface area (Å²) < 4.78 is 0. The topological polar surface area (TPSA) is 23.6 Å². The predicted molar refractivity (Wildman–Crippen MR) is 129 cm³/mol. The minimum Gasteiger partial charge on any atom is -0.360 e. The summed E-state index contributed by atoms with van der Waals surface area (Å²) in [5.74, 6) is 0. The van der Waals surface area contributed by atoms with Crippen LogP contribution >= 0.6 is 11.8 Å². The van der Waals surface area contributed by atoms with Gasteiger partial charge >= 0.3 is 0 Å². The molecule has 1 heterocycles. The molecule has 3 atom stereocenters. The Bertz CT molecular complexity index is 1020. The Morgan fingerprint density at radius 3 is 1.97 bits per heavy atom. The van der Waals surface area contributed by atoms with Crippen molar-refractivity contribution in [1.82, 2.24) is 0 Å². The number of carbonyl (C=O) groups is 1. The molecule has 1 aliphatic heterocycles. The molecule has 0 saturated heterocycles. The second kappa shape index (κ2) is 8.57. The van der Waals surface area contributed by atoms with Gasteiger partial charge in [-0.05, 0) is 62.9 Å². The van der Waals surface area contributed by atoms with Crippen LogP contribution < -0.4 is 9.80 Å². The van der Waals surface area contributed by atoms with Crippen LogP contribution in [0.2, 0.25) is 0 Å². The van der Waals surface area contributed by atoms with Crippen molar-refractivity contribution in [1.29, 1.82) is 0 Å². The molecule has 30 heavy (non-hydrogen) atoms. The van der Waals surface area contributed by atoms with Crippen LogP contribution in [0, 0.1) is 0 Å². The summed E-state index contributed by atoms with van der Waals surface area (Å²) in [7, 11) is 0. The lowest BCUT2D eigenvalue weighted by atomic mass is 9.99. The number of para-hydroxylation sites is 3. The van der Waals surface area contributed by atoms with Gasteiger partial charge in [-0.3, -0.25) is 4.79 Å². The Kier molecular flexibility index (Phi) is 5.87. The van der Waals surface area contributed by atoms with Gasteiger partial charge in [-0.25, -0.2) is 0 Å². The third kappa shape index (κ3) is 3.50. The average Bonchev–Trinajstić information content (AvgIpc) is 2.87. The smallest absolute Gasteiger partial charge is 0.221 e. The van der Waals surface area contributed by atoms with Gasteiger partial charge < -0.3 is 9.80 Å². The molecule has 3 nitrogen and oxygen atoms in total. The highest BCUT2D eigenvalue weighted by molar-refractivity contribution is 8.13. The molecule has 0 aliphatic carbocycles. The lowest BCUT2D eigenvalue weighted by Crippen LogP contribution is -2.46. The third-order valence-electron chi connectivity index (χ3n) is 6.21. The van der Waals surface area contributed by atoms with Crippen molar-refractivity contribution < 1.29 is 4.79 Å². The van der Waals surface area contributed by atoms with E-state index >= 15 is 0 Å². The van der Waals surface area contributed by atoms with Crippen LogP contribution in [0.25, 0.3) is 0 Å². The molecule has 4 rings (SSSR count). The highest BCUT2D eigenvalue weighted by atomic mass is 32.2. The molecule has 3 aromatic carbocycles. The molecule has 0 bridgehead atoms. The zero-order valence-corrected chi connectivity index (χ0v) is 18.8. The molecule has 1 unspecified atom stereocenters. The maximum Gasteiger partial charge on any atom is 0.221 e. The zero-order valence-electron chi connectivity index (χ0n) is 17.9. The van der Waals surface area contributed by atoms with E-state index in [1.54, 1.807) is 0 Å². The Labute approximate surface area is 183 Å². The van der Waals surface area contributed by atoms with Gasteiger partial charge in [-0.2, -0.15) is 0 Å². The number of fused-ring (bicyclic) bond motifs is 1. The lowest BCUT2D eigenvalue weighted by Gasteiger charge is -2.39. The Hall–Kier alpha value is -2.72. The van der Waals surface area contributed by atoms with E-state index in [2.05, 4.69) is 91.2 Å². The Balaban J connectivity index is 1.99. The van der Waals surface area contributed by atoms with E-state index in [4.69, 9.17) is 0 Å². The monoisotopic (exact) mass is 416 g/mol. The first-order valence-corrected chi connectivity index (χ1v) is 11.7. The first kappa shape index (κ1) is 20.5. The highest BCUT2D eigenvalue weighted by Crippen LogP contribution is 2.45. The SMILES string of the molecule is CSC(=O)c1cccc2c1N(c1ccccc1)[C@H](C)C(C)N(c1ccccc1)[C@H]2C. The molecule has 154 valence electrons. The summed E-state index contributed by atoms with van der Waals surface area (Å²) in [5.41, 5.74) is 5.31. The van der Waals surface area contributed by atoms with E-state index in [1.807, 2.05) is 24.5 Å². The van der Waals surface area contributed by atoms with Crippen molar-refractivity contribution >= 4 is 33.9 Å². The molecule has 0 radical (unpaired) electrons. The van der Waals surface area contributed by atoms with Crippen molar-refractivity contribution in [2.24, 2.45) is 0 Å². The number of carbonyl (C=O) groups excluding carboxylic acids is 1. The van der Waals surface area contributed by atoms with E-state index in [0.717, 1.165) is 16.9 Å². The standard InChI is InChI=1S/C26H28N2OS/c1-18-19(2)28(22-14-9-6-10-15-22)25-23(16-11-17-24(25)26(29)30-4)20(3)27(18)21-12-7-5-8-13-21/h5-20H,1-4H3/t18?,19-,20+/m1/s1. The van der Waals surface area contributed by atoms with Crippen molar-refractivity contribution in [2.45, 2.75) is 38.9 Å². The van der Waals surface area contributed by atoms with Crippen molar-refractivity contribution in [3.8, 4) is 0 Å². The van der Waals surface area contributed by atoms with E-state index < -0.39 is 0 Å². The quantitative estimate of drug-likeness (QED) is 0.475. The molecule has 0 amide bonds. The van der Waals surface area contributed by atoms with Crippen LogP contribution in [0.5, 0.6) is 0 Å². The summed E-state index contributed by atoms with van der Waals surface area (Å²) >= 11 is 1.28. The number of thioether (sulfide) groups is 1. The van der Waals surface area contributed by atoms with Gasteiger partial charge in [0.05, 0.1) is 23.3 Å². The van der Waals surface area contributed by atoms with Crippen LogP contribution in [0.1, 0.15) is 42.7 Å². The largest absolute Gasteiger partial charge is 0.360 e. The number of rotatable bonds is 3. The maximum absolute atomic E-state index is 12.9. The van der Waals surface area contributed by atoms with Gasteiger partial charge in [0, 0.05) is 17.4 Å². The first-order valence-electron chi connectivity index (χ1n) is 10.4. The fourth-order valence-corrected chi connectivity index (χ4v) is 4.99. The summed E-state index contributed by atoms with van der Waals surface area (Å²) in [6, 6.07) is 27.7. The van der Waals surface area contributed by atoms with Gasteiger partial charge in [-0.1, -0.05) is 60.3 Å². The zero-order chi connectivity index (χ0) is 21.3. The van der Waals surface area contributed by atoms with Crippen LogP contribution in [-0.4, -0.2) is 23.5 Å². The minimum absolute atomic E-state index is 0.105. The van der Waals surface area contributed by atoms with E-state index in [9.17, 15) is 4.79 Å². The Morgan fingerprint density at radius 2 is 1.37 bits per heavy atom. The third-order valence-corrected chi connectivity index (χ3v) is 6.80. The van der Waals surface area contributed by atoms with Gasteiger partial charge in [0.15, 0.2) is 0 Å². The number of anilines is 3. The molecule has 0 N–H and O–H groups in total. The van der Waals surface area contributed by atoms with Crippen LogP contribution in [-0.2, 0) is 0 Å². The summed E-state index contributed by atoms with van der Waals surface area (Å²) in [4.78, 5) is 17.8. The van der Waals surface area contributed by atoms with Crippen LogP contribution in [0.4, 0.5) is 17.1 Å². The molecule has 3 aromatic rings. The second-order valence-corrected chi connectivity index (χ2v) is 8.62. The normalized spacial score (nSPS) is 21.1. The number of hydrogen-bond acceptors (Lipinski definition) is 4. The van der Waals surface area contributed by atoms with Gasteiger partial charge in [-0.15, -0.1) is 0 Å². The molecule has 4 heteroatoms. The molecule has 0 fully saturated rings. The number of nitrogens with zero attached hydrogens (tertiary/aromatic N) is 2. The molecule has 0 spiro atoms. The molecule has 1 aliphatic rings. The second-order valence-electron chi connectivity index (χ2n) is 7.84. The van der Waals surface area contributed by atoms with E-state index in [1.165, 1.54) is 23.0 Å². The summed E-state index contributed by atoms with van der Waals surface area (Å²) in [6.45, 7) is 6.79. The summed E-state index contributed by atoms with van der Waals surface area (Å²) in [6.07, 6.45) is 1.86. The fraction of sp³-hybridized carbons (Fsp3) is 0.269. The van der Waals surface area contributed by atoms with E-state index in [-0.39, 0.29) is 23.2 Å². The van der Waals surface area contributed by atoms with E-state index in [0.29, 0.717) is 0 Å². The molecule has 0 saturated carbocycles. The molecular weight excluding hydrogens is 388 g/mol. The first-order chi connectivity index (χ1) is 14.5. The number of hydrogen-bond donors (Lipinski definition) is 0. The van der Waals surface area contributed by atoms with Crippen molar-refractivity contribution in [3.63, 3.8) is 0 Å². The summed E-state index contributed by atoms with van der Waals surface area (Å²) in [5, 5.41) is 0.105.